The molecule has 1 aromatic rings. The molecule has 0 saturated carbocycles. The Bertz CT molecular complexity index is 720. The third-order valence-corrected chi connectivity index (χ3v) is 5.27. The molecule has 0 bridgehead atoms. The summed E-state index contributed by atoms with van der Waals surface area (Å²) in [6, 6.07) is 5.03. The lowest BCUT2D eigenvalue weighted by molar-refractivity contribution is -0.384. The SMILES string of the molecule is CCCCCCCCCCC(CCC(=O)OC(CO)CO)OC(=O)Oc1ccc([N+](=O)[O-])cc1. The fourth-order valence-electron chi connectivity index (χ4n) is 3.32. The van der Waals surface area contributed by atoms with Crippen molar-refractivity contribution in [3.05, 3.63) is 34.4 Å². The van der Waals surface area contributed by atoms with Gasteiger partial charge < -0.3 is 24.4 Å². The Morgan fingerprint density at radius 3 is 2.03 bits per heavy atom. The number of nitrogens with zero attached hydrogens (tertiary/aromatic N) is 1. The van der Waals surface area contributed by atoms with E-state index in [0.717, 1.165) is 25.7 Å². The molecule has 0 heterocycles. The van der Waals surface area contributed by atoms with Gasteiger partial charge in [-0.05, 0) is 31.4 Å². The van der Waals surface area contributed by atoms with Crippen molar-refractivity contribution < 1.29 is 38.9 Å². The highest BCUT2D eigenvalue weighted by Gasteiger charge is 2.20. The van der Waals surface area contributed by atoms with Crippen molar-refractivity contribution in [2.75, 3.05) is 13.2 Å². The van der Waals surface area contributed by atoms with Crippen LogP contribution in [0.5, 0.6) is 5.75 Å². The Hall–Kier alpha value is -2.72. The van der Waals surface area contributed by atoms with Gasteiger partial charge in [0, 0.05) is 18.6 Å². The van der Waals surface area contributed by atoms with Crippen molar-refractivity contribution in [3.63, 3.8) is 0 Å². The molecular weight excluding hydrogens is 446 g/mol. The second kappa shape index (κ2) is 17.7. The molecule has 1 aromatic carbocycles. The van der Waals surface area contributed by atoms with E-state index in [4.69, 9.17) is 24.4 Å². The molecule has 0 saturated heterocycles. The number of hydrogen-bond acceptors (Lipinski definition) is 9. The van der Waals surface area contributed by atoms with E-state index in [-0.39, 0.29) is 24.3 Å². The number of non-ortho nitro benzene ring substituents is 1. The Morgan fingerprint density at radius 2 is 1.47 bits per heavy atom. The normalized spacial score (nSPS) is 11.8. The number of esters is 1. The van der Waals surface area contributed by atoms with E-state index in [0.29, 0.717) is 6.42 Å². The average molecular weight is 484 g/mol. The lowest BCUT2D eigenvalue weighted by Crippen LogP contribution is -2.27. The smallest absolute Gasteiger partial charge is 0.457 e. The van der Waals surface area contributed by atoms with E-state index in [1.807, 2.05) is 0 Å². The predicted octanol–water partition coefficient (Wildman–Crippen LogP) is 4.69. The van der Waals surface area contributed by atoms with Crippen molar-refractivity contribution in [2.45, 2.75) is 89.8 Å². The molecule has 34 heavy (non-hydrogen) atoms. The standard InChI is InChI=1S/C24H37NO9/c1-2-3-4-5-6-7-8-9-10-20(15-16-23(28)32-22(17-26)18-27)33-24(29)34-21-13-11-19(12-14-21)25(30)31/h11-14,20,22,26-27H,2-10,15-18H2,1H3. The summed E-state index contributed by atoms with van der Waals surface area (Å²) in [7, 11) is 0. The van der Waals surface area contributed by atoms with Gasteiger partial charge in [0.25, 0.3) is 5.69 Å². The van der Waals surface area contributed by atoms with Crippen molar-refractivity contribution in [3.8, 4) is 5.75 Å². The molecule has 0 radical (unpaired) electrons. The Morgan fingerprint density at radius 1 is 0.882 bits per heavy atom. The van der Waals surface area contributed by atoms with Crippen LogP contribution >= 0.6 is 0 Å². The zero-order chi connectivity index (χ0) is 25.2. The van der Waals surface area contributed by atoms with E-state index in [1.54, 1.807) is 0 Å². The first-order valence-corrected chi connectivity index (χ1v) is 11.9. The van der Waals surface area contributed by atoms with Gasteiger partial charge in [-0.15, -0.1) is 0 Å². The first kappa shape index (κ1) is 29.3. The maximum atomic E-state index is 12.2. The predicted molar refractivity (Wildman–Crippen MR) is 125 cm³/mol. The molecule has 0 spiro atoms. The van der Waals surface area contributed by atoms with Crippen molar-refractivity contribution in [1.29, 1.82) is 0 Å². The molecule has 10 nitrogen and oxygen atoms in total. The average Bonchev–Trinajstić information content (AvgIpc) is 2.82. The van der Waals surface area contributed by atoms with Crippen LogP contribution in [-0.4, -0.2) is 52.7 Å². The third-order valence-electron chi connectivity index (χ3n) is 5.27. The highest BCUT2D eigenvalue weighted by molar-refractivity contribution is 5.69. The van der Waals surface area contributed by atoms with Crippen LogP contribution in [0.25, 0.3) is 0 Å². The van der Waals surface area contributed by atoms with Gasteiger partial charge in [0.15, 0.2) is 0 Å². The Kier molecular flexibility index (Phi) is 15.3. The molecule has 0 aliphatic heterocycles. The molecule has 0 aliphatic rings. The summed E-state index contributed by atoms with van der Waals surface area (Å²) in [5, 5.41) is 28.8. The van der Waals surface area contributed by atoms with Gasteiger partial charge in [0.05, 0.1) is 18.1 Å². The third kappa shape index (κ3) is 13.1. The van der Waals surface area contributed by atoms with Crippen LogP contribution in [0.4, 0.5) is 10.5 Å². The van der Waals surface area contributed by atoms with E-state index < -0.39 is 42.5 Å². The molecule has 0 fully saturated rings. The molecule has 1 rings (SSSR count). The molecule has 192 valence electrons. The minimum atomic E-state index is -0.980. The number of nitro groups is 1. The van der Waals surface area contributed by atoms with Crippen LogP contribution in [0.2, 0.25) is 0 Å². The zero-order valence-electron chi connectivity index (χ0n) is 19.9. The summed E-state index contributed by atoms with van der Waals surface area (Å²) in [6.07, 6.45) is 7.09. The maximum Gasteiger partial charge on any atom is 0.514 e. The van der Waals surface area contributed by atoms with Gasteiger partial charge >= 0.3 is 12.1 Å². The molecular formula is C24H37NO9. The summed E-state index contributed by atoms with van der Waals surface area (Å²) < 4.78 is 15.5. The van der Waals surface area contributed by atoms with E-state index in [2.05, 4.69) is 6.92 Å². The lowest BCUT2D eigenvalue weighted by atomic mass is 10.0. The number of rotatable bonds is 18. The molecule has 1 atom stereocenters. The number of ether oxygens (including phenoxy) is 3. The van der Waals surface area contributed by atoms with Crippen molar-refractivity contribution in [1.82, 2.24) is 0 Å². The minimum absolute atomic E-state index is 0.0526. The first-order chi connectivity index (χ1) is 16.4. The van der Waals surface area contributed by atoms with E-state index in [1.165, 1.54) is 49.9 Å². The number of aliphatic hydroxyl groups excluding tert-OH is 2. The monoisotopic (exact) mass is 483 g/mol. The van der Waals surface area contributed by atoms with E-state index in [9.17, 15) is 19.7 Å². The lowest BCUT2D eigenvalue weighted by Gasteiger charge is -2.18. The molecule has 10 heteroatoms. The van der Waals surface area contributed by atoms with Crippen LogP contribution in [0, 0.1) is 10.1 Å². The van der Waals surface area contributed by atoms with Crippen LogP contribution < -0.4 is 4.74 Å². The van der Waals surface area contributed by atoms with Gasteiger partial charge in [0.2, 0.25) is 0 Å². The van der Waals surface area contributed by atoms with Crippen LogP contribution in [0.1, 0.15) is 77.6 Å². The maximum absolute atomic E-state index is 12.2. The van der Waals surface area contributed by atoms with Crippen LogP contribution in [0.15, 0.2) is 24.3 Å². The number of carbonyl (C=O) groups excluding carboxylic acids is 2. The molecule has 0 amide bonds. The Balaban J connectivity index is 2.54. The highest BCUT2D eigenvalue weighted by atomic mass is 16.7. The number of benzene rings is 1. The van der Waals surface area contributed by atoms with Crippen molar-refractivity contribution in [2.24, 2.45) is 0 Å². The second-order valence-corrected chi connectivity index (χ2v) is 8.12. The fourth-order valence-corrected chi connectivity index (χ4v) is 3.32. The molecule has 0 aromatic heterocycles. The molecule has 2 N–H and O–H groups in total. The largest absolute Gasteiger partial charge is 0.514 e. The minimum Gasteiger partial charge on any atom is -0.457 e. The van der Waals surface area contributed by atoms with Gasteiger partial charge in [-0.3, -0.25) is 14.9 Å². The second-order valence-electron chi connectivity index (χ2n) is 8.12. The summed E-state index contributed by atoms with van der Waals surface area (Å²) in [6.45, 7) is 1.21. The number of unbranched alkanes of at least 4 members (excludes halogenated alkanes) is 7. The summed E-state index contributed by atoms with van der Waals surface area (Å²) in [4.78, 5) is 34.4. The van der Waals surface area contributed by atoms with Crippen LogP contribution in [-0.2, 0) is 14.3 Å². The quantitative estimate of drug-likeness (QED) is 0.0998. The van der Waals surface area contributed by atoms with Gasteiger partial charge in [-0.25, -0.2) is 4.79 Å². The van der Waals surface area contributed by atoms with Gasteiger partial charge in [0.1, 0.15) is 18.0 Å². The van der Waals surface area contributed by atoms with Crippen LogP contribution in [0.3, 0.4) is 0 Å². The number of nitro benzene ring substituents is 1. The summed E-state index contributed by atoms with van der Waals surface area (Å²) in [5.41, 5.74) is -0.129. The topological polar surface area (TPSA) is 145 Å². The Labute approximate surface area is 200 Å². The van der Waals surface area contributed by atoms with Crippen molar-refractivity contribution >= 4 is 17.8 Å². The molecule has 1 unspecified atom stereocenters. The summed E-state index contributed by atoms with van der Waals surface area (Å²) in [5.74, 6) is -0.504. The zero-order valence-corrected chi connectivity index (χ0v) is 19.9. The van der Waals surface area contributed by atoms with E-state index >= 15 is 0 Å². The number of aliphatic hydroxyl groups is 2. The van der Waals surface area contributed by atoms with Gasteiger partial charge in [-0.2, -0.15) is 0 Å². The first-order valence-electron chi connectivity index (χ1n) is 11.9. The fraction of sp³-hybridized carbons (Fsp3) is 0.667. The number of carbonyl (C=O) groups is 2. The highest BCUT2D eigenvalue weighted by Crippen LogP contribution is 2.20. The van der Waals surface area contributed by atoms with Gasteiger partial charge in [-0.1, -0.05) is 51.9 Å². The number of hydrogen-bond donors (Lipinski definition) is 2. The molecule has 0 aliphatic carbocycles. The summed E-state index contributed by atoms with van der Waals surface area (Å²) >= 11 is 0.